The van der Waals surface area contributed by atoms with E-state index in [1.54, 1.807) is 6.07 Å². The van der Waals surface area contributed by atoms with Gasteiger partial charge in [0.05, 0.1) is 39.1 Å². The smallest absolute Gasteiger partial charge is 0.434 e. The summed E-state index contributed by atoms with van der Waals surface area (Å²) in [6.45, 7) is 1.47. The number of halogens is 6. The normalized spacial score (nSPS) is 11.6. The fraction of sp³-hybridized carbons (Fsp3) is 0.143. The number of aromatic nitrogens is 4. The van der Waals surface area contributed by atoms with E-state index in [1.165, 1.54) is 37.5 Å². The minimum absolute atomic E-state index is 0.000654. The Morgan fingerprint density at radius 2 is 1.76 bits per heavy atom. The van der Waals surface area contributed by atoms with Crippen molar-refractivity contribution in [2.75, 3.05) is 6.61 Å². The molecule has 0 saturated heterocycles. The van der Waals surface area contributed by atoms with Crippen LogP contribution in [-0.2, 0) is 10.9 Å². The van der Waals surface area contributed by atoms with E-state index in [-0.39, 0.29) is 38.6 Å². The molecule has 0 aliphatic rings. The first-order chi connectivity index (χ1) is 16.1. The minimum atomic E-state index is -4.92. The number of pyridine rings is 1. The molecule has 0 spiro atoms. The number of benzene rings is 1. The summed E-state index contributed by atoms with van der Waals surface area (Å²) >= 11 is 18.5. The first kappa shape index (κ1) is 24.1. The van der Waals surface area contributed by atoms with Crippen LogP contribution in [0.15, 0.2) is 47.4 Å². The molecule has 1 aromatic carbocycles. The van der Waals surface area contributed by atoms with Crippen LogP contribution in [0.25, 0.3) is 28.3 Å². The molecule has 0 aliphatic heterocycles. The third-order valence-corrected chi connectivity index (χ3v) is 5.52. The summed E-state index contributed by atoms with van der Waals surface area (Å²) in [5, 5.41) is 7.70. The minimum Gasteiger partial charge on any atom is -0.462 e. The van der Waals surface area contributed by atoms with Crippen LogP contribution in [0.5, 0.6) is 0 Å². The average molecular weight is 532 g/mol. The zero-order chi connectivity index (χ0) is 24.6. The monoisotopic (exact) mass is 530 g/mol. The highest BCUT2D eigenvalue weighted by Crippen LogP contribution is 2.44. The zero-order valence-corrected chi connectivity index (χ0v) is 19.3. The Balaban J connectivity index is 2.02. The van der Waals surface area contributed by atoms with Crippen LogP contribution in [0.1, 0.15) is 23.0 Å². The van der Waals surface area contributed by atoms with Gasteiger partial charge in [-0.05, 0) is 19.1 Å². The Labute approximate surface area is 205 Å². The Kier molecular flexibility index (Phi) is 6.57. The van der Waals surface area contributed by atoms with Crippen molar-refractivity contribution in [2.45, 2.75) is 13.1 Å². The molecule has 0 radical (unpaired) electrons. The van der Waals surface area contributed by atoms with Crippen molar-refractivity contribution in [1.29, 1.82) is 0 Å². The number of hydrogen-bond acceptors (Lipinski definition) is 6. The lowest BCUT2D eigenvalue weighted by Crippen LogP contribution is -2.15. The largest absolute Gasteiger partial charge is 0.462 e. The lowest BCUT2D eigenvalue weighted by Gasteiger charge is -2.13. The molecule has 0 unspecified atom stereocenters. The van der Waals surface area contributed by atoms with E-state index in [4.69, 9.17) is 44.1 Å². The molecule has 0 N–H and O–H groups in total. The second kappa shape index (κ2) is 9.28. The molecule has 7 nitrogen and oxygen atoms in total. The second-order valence-electron chi connectivity index (χ2n) is 6.70. The molecule has 4 aromatic rings. The predicted octanol–water partition coefficient (Wildman–Crippen LogP) is 6.75. The van der Waals surface area contributed by atoms with Crippen molar-refractivity contribution in [3.63, 3.8) is 0 Å². The number of carbonyl (C=O) groups is 1. The molecule has 4 rings (SSSR count). The highest BCUT2D eigenvalue weighted by Gasteiger charge is 2.42. The number of para-hydroxylation sites is 1. The summed E-state index contributed by atoms with van der Waals surface area (Å²) in [6, 6.07) is 5.85. The Bertz CT molecular complexity index is 1370. The molecule has 0 saturated carbocycles. The third-order valence-electron chi connectivity index (χ3n) is 4.62. The van der Waals surface area contributed by atoms with E-state index < -0.39 is 34.7 Å². The quantitative estimate of drug-likeness (QED) is 0.265. The van der Waals surface area contributed by atoms with Crippen molar-refractivity contribution in [1.82, 2.24) is 19.9 Å². The van der Waals surface area contributed by atoms with Crippen LogP contribution in [0.3, 0.4) is 0 Å². The van der Waals surface area contributed by atoms with Gasteiger partial charge in [0, 0.05) is 18.0 Å². The van der Waals surface area contributed by atoms with Gasteiger partial charge in [0.15, 0.2) is 11.5 Å². The number of esters is 1. The fourth-order valence-electron chi connectivity index (χ4n) is 3.27. The van der Waals surface area contributed by atoms with E-state index in [0.717, 1.165) is 6.20 Å². The molecule has 0 bridgehead atoms. The number of rotatable bonds is 5. The van der Waals surface area contributed by atoms with Crippen molar-refractivity contribution in [3.05, 3.63) is 69.2 Å². The van der Waals surface area contributed by atoms with Gasteiger partial charge in [-0.3, -0.25) is 4.98 Å². The molecule has 0 aliphatic carbocycles. The van der Waals surface area contributed by atoms with Crippen LogP contribution in [-0.4, -0.2) is 32.5 Å². The van der Waals surface area contributed by atoms with Crippen molar-refractivity contribution < 1.29 is 27.2 Å². The van der Waals surface area contributed by atoms with Gasteiger partial charge in [0.1, 0.15) is 11.3 Å². The van der Waals surface area contributed by atoms with Crippen LogP contribution < -0.4 is 0 Å². The SMILES string of the molecule is CCOC(=O)c1c(-c2c(Cl)cncc2Cl)noc1-c1cnn(-c2ccccc2Cl)c1C(F)(F)F. The van der Waals surface area contributed by atoms with Gasteiger partial charge >= 0.3 is 12.1 Å². The maximum atomic E-state index is 14.3. The van der Waals surface area contributed by atoms with Crippen molar-refractivity contribution in [3.8, 4) is 28.3 Å². The molecule has 13 heteroatoms. The van der Waals surface area contributed by atoms with Gasteiger partial charge in [-0.15, -0.1) is 0 Å². The van der Waals surface area contributed by atoms with Crippen LogP contribution in [0, 0.1) is 0 Å². The number of alkyl halides is 3. The van der Waals surface area contributed by atoms with E-state index in [1.807, 2.05) is 0 Å². The molecule has 0 fully saturated rings. The van der Waals surface area contributed by atoms with E-state index in [2.05, 4.69) is 15.2 Å². The standard InChI is InChI=1S/C21H12Cl3F3N4O3/c1-2-33-20(32)16-17(15-12(23)8-28-9-13(15)24)30-34-18(16)10-7-29-31(19(10)21(25,26)27)14-6-4-3-5-11(14)22/h3-9H,2H2,1H3. The third kappa shape index (κ3) is 4.24. The predicted molar refractivity (Wildman–Crippen MR) is 118 cm³/mol. The van der Waals surface area contributed by atoms with Gasteiger partial charge in [-0.25, -0.2) is 9.48 Å². The number of nitrogens with zero attached hydrogens (tertiary/aromatic N) is 4. The van der Waals surface area contributed by atoms with E-state index >= 15 is 0 Å². The number of hydrogen-bond donors (Lipinski definition) is 0. The highest BCUT2D eigenvalue weighted by atomic mass is 35.5. The summed E-state index contributed by atoms with van der Waals surface area (Å²) in [5.74, 6) is -1.51. The van der Waals surface area contributed by atoms with E-state index in [9.17, 15) is 18.0 Å². The first-order valence-electron chi connectivity index (χ1n) is 9.51. The van der Waals surface area contributed by atoms with Crippen LogP contribution in [0.4, 0.5) is 13.2 Å². The maximum absolute atomic E-state index is 14.3. The van der Waals surface area contributed by atoms with Crippen molar-refractivity contribution >= 4 is 40.8 Å². The van der Waals surface area contributed by atoms with E-state index in [0.29, 0.717) is 4.68 Å². The molecular formula is C21H12Cl3F3N4O3. The maximum Gasteiger partial charge on any atom is 0.434 e. The Hall–Kier alpha value is -3.08. The van der Waals surface area contributed by atoms with Gasteiger partial charge in [0.25, 0.3) is 0 Å². The first-order valence-corrected chi connectivity index (χ1v) is 10.6. The second-order valence-corrected chi connectivity index (χ2v) is 7.92. The summed E-state index contributed by atoms with van der Waals surface area (Å²) in [5.41, 5.74) is -2.38. The molecule has 0 amide bonds. The summed E-state index contributed by atoms with van der Waals surface area (Å²) < 4.78 is 53.7. The van der Waals surface area contributed by atoms with Gasteiger partial charge < -0.3 is 9.26 Å². The highest BCUT2D eigenvalue weighted by molar-refractivity contribution is 6.39. The topological polar surface area (TPSA) is 83.0 Å². The Morgan fingerprint density at radius 1 is 1.09 bits per heavy atom. The average Bonchev–Trinajstić information content (AvgIpc) is 3.38. The number of ether oxygens (including phenoxy) is 1. The van der Waals surface area contributed by atoms with Gasteiger partial charge in [-0.2, -0.15) is 18.3 Å². The fourth-order valence-corrected chi connectivity index (χ4v) is 4.03. The summed E-state index contributed by atoms with van der Waals surface area (Å²) in [4.78, 5) is 16.7. The molecule has 3 aromatic heterocycles. The number of carbonyl (C=O) groups excluding carboxylic acids is 1. The van der Waals surface area contributed by atoms with Gasteiger partial charge in [0.2, 0.25) is 0 Å². The lowest BCUT2D eigenvalue weighted by molar-refractivity contribution is -0.142. The lowest BCUT2D eigenvalue weighted by atomic mass is 10.0. The molecule has 3 heterocycles. The molecule has 34 heavy (non-hydrogen) atoms. The Morgan fingerprint density at radius 3 is 2.38 bits per heavy atom. The van der Waals surface area contributed by atoms with Crippen molar-refractivity contribution in [2.24, 2.45) is 0 Å². The van der Waals surface area contributed by atoms with Crippen LogP contribution in [0.2, 0.25) is 15.1 Å². The van der Waals surface area contributed by atoms with Gasteiger partial charge in [-0.1, -0.05) is 52.1 Å². The van der Waals surface area contributed by atoms with Crippen LogP contribution >= 0.6 is 34.8 Å². The summed E-state index contributed by atoms with van der Waals surface area (Å²) in [7, 11) is 0. The zero-order valence-electron chi connectivity index (χ0n) is 17.0. The molecule has 176 valence electrons. The summed E-state index contributed by atoms with van der Waals surface area (Å²) in [6.07, 6.45) is -1.55. The molecule has 0 atom stereocenters. The molecular weight excluding hydrogens is 520 g/mol.